The zero-order valence-corrected chi connectivity index (χ0v) is 19.9. The second-order valence-electron chi connectivity index (χ2n) is 8.68. The van der Waals surface area contributed by atoms with Crippen molar-refractivity contribution in [1.29, 1.82) is 0 Å². The van der Waals surface area contributed by atoms with Crippen LogP contribution in [-0.4, -0.2) is 86.6 Å². The molecule has 2 aliphatic heterocycles. The molecule has 2 heterocycles. The molecular weight excluding hydrogens is 448 g/mol. The maximum atomic E-state index is 13.4. The molecule has 35 heavy (non-hydrogen) atoms. The van der Waals surface area contributed by atoms with Crippen LogP contribution in [0.4, 0.5) is 0 Å². The van der Waals surface area contributed by atoms with E-state index in [1.807, 2.05) is 54.6 Å². The molecular formula is C26H34N4O5. The van der Waals surface area contributed by atoms with Crippen molar-refractivity contribution in [3.8, 4) is 5.75 Å². The number of carbonyl (C=O) groups excluding carboxylic acids is 1. The first-order valence-electron chi connectivity index (χ1n) is 12.1. The van der Waals surface area contributed by atoms with Crippen LogP contribution in [0, 0.1) is 0 Å². The number of nitrogens with zero attached hydrogens (tertiary/aromatic N) is 2. The van der Waals surface area contributed by atoms with Gasteiger partial charge in [0.15, 0.2) is 5.54 Å². The molecule has 1 fully saturated rings. The number of benzene rings is 2. The van der Waals surface area contributed by atoms with E-state index in [1.54, 1.807) is 0 Å². The number of aliphatic hydroxyl groups excluding tert-OH is 1. The highest BCUT2D eigenvalue weighted by atomic mass is 16.5. The minimum absolute atomic E-state index is 0.0936. The molecule has 9 nitrogen and oxygen atoms in total. The molecule has 2 aliphatic rings. The average molecular weight is 483 g/mol. The zero-order chi connectivity index (χ0) is 24.3. The second kappa shape index (κ2) is 12.6. The van der Waals surface area contributed by atoms with Crippen molar-refractivity contribution >= 4 is 11.8 Å². The van der Waals surface area contributed by atoms with Crippen molar-refractivity contribution in [1.82, 2.24) is 15.8 Å². The normalized spacial score (nSPS) is 20.2. The van der Waals surface area contributed by atoms with Crippen LogP contribution in [0.5, 0.6) is 5.75 Å². The predicted molar refractivity (Wildman–Crippen MR) is 132 cm³/mol. The van der Waals surface area contributed by atoms with E-state index in [9.17, 15) is 4.79 Å². The topological polar surface area (TPSA) is 105 Å². The first kappa shape index (κ1) is 25.1. The Morgan fingerprint density at radius 3 is 2.63 bits per heavy atom. The van der Waals surface area contributed by atoms with Gasteiger partial charge in [-0.25, -0.2) is 10.4 Å². The summed E-state index contributed by atoms with van der Waals surface area (Å²) in [5.41, 5.74) is 6.65. The van der Waals surface area contributed by atoms with E-state index >= 15 is 0 Å². The summed E-state index contributed by atoms with van der Waals surface area (Å²) in [5, 5.41) is 8.90. The van der Waals surface area contributed by atoms with Gasteiger partial charge in [0.25, 0.3) is 5.91 Å². The molecule has 1 atom stereocenters. The lowest BCUT2D eigenvalue weighted by Gasteiger charge is -2.27. The average Bonchev–Trinajstić information content (AvgIpc) is 3.33. The highest BCUT2D eigenvalue weighted by molar-refractivity contribution is 6.00. The molecule has 188 valence electrons. The van der Waals surface area contributed by atoms with Crippen molar-refractivity contribution in [3.05, 3.63) is 65.7 Å². The van der Waals surface area contributed by atoms with Crippen molar-refractivity contribution < 1.29 is 24.1 Å². The Bertz CT molecular complexity index is 963. The molecule has 0 aromatic heterocycles. The van der Waals surface area contributed by atoms with Crippen LogP contribution >= 0.6 is 0 Å². The summed E-state index contributed by atoms with van der Waals surface area (Å²) in [6, 6.07) is 17.3. The van der Waals surface area contributed by atoms with Crippen LogP contribution in [-0.2, 0) is 20.7 Å². The van der Waals surface area contributed by atoms with E-state index in [0.717, 1.165) is 44.0 Å². The van der Waals surface area contributed by atoms with E-state index in [0.29, 0.717) is 37.6 Å². The van der Waals surface area contributed by atoms with Gasteiger partial charge in [0.1, 0.15) is 12.4 Å². The molecule has 1 amide bonds. The lowest BCUT2D eigenvalue weighted by atomic mass is 9.91. The Labute approximate surface area is 206 Å². The monoisotopic (exact) mass is 482 g/mol. The molecule has 1 saturated heterocycles. The number of aliphatic hydroxyl groups is 1. The summed E-state index contributed by atoms with van der Waals surface area (Å²) in [6.07, 6.45) is 1.01. The minimum atomic E-state index is -1.07. The summed E-state index contributed by atoms with van der Waals surface area (Å²) in [5.74, 6) is 0.923. The van der Waals surface area contributed by atoms with Crippen LogP contribution in [0.2, 0.25) is 0 Å². The summed E-state index contributed by atoms with van der Waals surface area (Å²) in [4.78, 5) is 20.5. The van der Waals surface area contributed by atoms with Crippen LogP contribution in [0.15, 0.2) is 59.6 Å². The lowest BCUT2D eigenvalue weighted by molar-refractivity contribution is -0.127. The van der Waals surface area contributed by atoms with Gasteiger partial charge in [-0.1, -0.05) is 30.3 Å². The van der Waals surface area contributed by atoms with Gasteiger partial charge in [0, 0.05) is 51.2 Å². The number of carbonyl (C=O) groups is 1. The Hall–Kier alpha value is -2.98. The minimum Gasteiger partial charge on any atom is -0.494 e. The first-order chi connectivity index (χ1) is 17.2. The zero-order valence-electron chi connectivity index (χ0n) is 19.9. The molecule has 2 aromatic rings. The molecule has 0 saturated carbocycles. The molecule has 0 spiro atoms. The van der Waals surface area contributed by atoms with Crippen LogP contribution in [0.25, 0.3) is 0 Å². The Morgan fingerprint density at radius 2 is 1.89 bits per heavy atom. The van der Waals surface area contributed by atoms with Gasteiger partial charge in [-0.15, -0.1) is 0 Å². The third kappa shape index (κ3) is 7.02. The Kier molecular flexibility index (Phi) is 9.08. The highest BCUT2D eigenvalue weighted by Gasteiger charge is 2.44. The molecule has 0 radical (unpaired) electrons. The van der Waals surface area contributed by atoms with E-state index in [2.05, 4.69) is 15.8 Å². The smallest absolute Gasteiger partial charge is 0.266 e. The van der Waals surface area contributed by atoms with Gasteiger partial charge >= 0.3 is 0 Å². The summed E-state index contributed by atoms with van der Waals surface area (Å²) in [6.45, 7) is 5.45. The molecule has 4 rings (SSSR count). The maximum Gasteiger partial charge on any atom is 0.266 e. The standard InChI is InChI=1S/C26H34N4O5/c31-15-4-16-34-23-9-7-22(8-10-23)24-28-26(20-35-24,19-21-5-2-1-3-6-21)25(32)29-27-11-12-30-13-17-33-18-14-30/h1-3,5-10,27,31H,4,11-20H2,(H,29,32)/t26-/m0/s1. The fourth-order valence-corrected chi connectivity index (χ4v) is 4.06. The summed E-state index contributed by atoms with van der Waals surface area (Å²) in [7, 11) is 0. The van der Waals surface area contributed by atoms with Gasteiger partial charge in [-0.2, -0.15) is 0 Å². The Morgan fingerprint density at radius 1 is 1.11 bits per heavy atom. The number of rotatable bonds is 12. The van der Waals surface area contributed by atoms with Crippen molar-refractivity contribution in [2.45, 2.75) is 18.4 Å². The molecule has 2 aromatic carbocycles. The fraction of sp³-hybridized carbons (Fsp3) is 0.462. The van der Waals surface area contributed by atoms with Crippen molar-refractivity contribution in [2.24, 2.45) is 4.99 Å². The van der Waals surface area contributed by atoms with Crippen molar-refractivity contribution in [2.75, 3.05) is 59.2 Å². The Balaban J connectivity index is 1.42. The number of aliphatic imine (C=N–C) groups is 1. The van der Waals surface area contributed by atoms with E-state index in [-0.39, 0.29) is 19.1 Å². The summed E-state index contributed by atoms with van der Waals surface area (Å²) < 4.78 is 16.9. The molecule has 0 bridgehead atoms. The predicted octanol–water partition coefficient (Wildman–Crippen LogP) is 1.16. The van der Waals surface area contributed by atoms with Crippen LogP contribution < -0.4 is 15.6 Å². The number of hydrogen-bond donors (Lipinski definition) is 3. The van der Waals surface area contributed by atoms with E-state index in [4.69, 9.17) is 24.3 Å². The summed E-state index contributed by atoms with van der Waals surface area (Å²) >= 11 is 0. The second-order valence-corrected chi connectivity index (χ2v) is 8.68. The SMILES string of the molecule is O=C(NNCCN1CCOCC1)[C@]1(Cc2ccccc2)COC(c2ccc(OCCCO)cc2)=N1. The number of ether oxygens (including phenoxy) is 3. The van der Waals surface area contributed by atoms with Crippen LogP contribution in [0.3, 0.4) is 0 Å². The molecule has 0 unspecified atom stereocenters. The number of hydrogen-bond acceptors (Lipinski definition) is 8. The van der Waals surface area contributed by atoms with Gasteiger partial charge in [0.2, 0.25) is 5.90 Å². The largest absolute Gasteiger partial charge is 0.494 e. The fourth-order valence-electron chi connectivity index (χ4n) is 4.06. The number of hydrazine groups is 1. The maximum absolute atomic E-state index is 13.4. The third-order valence-corrected chi connectivity index (χ3v) is 6.06. The van der Waals surface area contributed by atoms with Gasteiger partial charge in [-0.3, -0.25) is 15.1 Å². The number of nitrogens with one attached hydrogen (secondary N) is 2. The number of amides is 1. The first-order valence-corrected chi connectivity index (χ1v) is 12.1. The molecule has 0 aliphatic carbocycles. The third-order valence-electron chi connectivity index (χ3n) is 6.06. The van der Waals surface area contributed by atoms with Gasteiger partial charge in [-0.05, 0) is 29.8 Å². The lowest BCUT2D eigenvalue weighted by Crippen LogP contribution is -2.54. The van der Waals surface area contributed by atoms with Gasteiger partial charge in [0.05, 0.1) is 19.8 Å². The number of morpholine rings is 1. The van der Waals surface area contributed by atoms with Gasteiger partial charge < -0.3 is 19.3 Å². The van der Waals surface area contributed by atoms with Crippen molar-refractivity contribution in [3.63, 3.8) is 0 Å². The van der Waals surface area contributed by atoms with Crippen LogP contribution in [0.1, 0.15) is 17.5 Å². The van der Waals surface area contributed by atoms with E-state index < -0.39 is 5.54 Å². The quantitative estimate of drug-likeness (QED) is 0.308. The molecule has 9 heteroatoms. The molecule has 3 N–H and O–H groups in total. The highest BCUT2D eigenvalue weighted by Crippen LogP contribution is 2.27. The van der Waals surface area contributed by atoms with E-state index in [1.165, 1.54) is 0 Å².